The SMILES string of the molecule is O=C1C(=O)N(Cc2ccncc2)C(c2ccccn2)/C1=C(/O)c1cccc([N+](=O)[O-])c1. The summed E-state index contributed by atoms with van der Waals surface area (Å²) in [6, 6.07) is 12.8. The molecule has 9 heteroatoms. The summed E-state index contributed by atoms with van der Waals surface area (Å²) in [4.78, 5) is 45.9. The maximum absolute atomic E-state index is 12.9. The maximum atomic E-state index is 12.9. The average Bonchev–Trinajstić information content (AvgIpc) is 3.05. The number of aromatic nitrogens is 2. The Hall–Kier alpha value is -4.40. The van der Waals surface area contributed by atoms with E-state index in [4.69, 9.17) is 0 Å². The zero-order valence-corrected chi connectivity index (χ0v) is 16.1. The smallest absolute Gasteiger partial charge is 0.296 e. The number of ketones is 1. The minimum Gasteiger partial charge on any atom is -0.507 e. The summed E-state index contributed by atoms with van der Waals surface area (Å²) < 4.78 is 0. The molecule has 1 aliphatic heterocycles. The first kappa shape index (κ1) is 19.9. The number of carbonyl (C=O) groups excluding carboxylic acids is 2. The summed E-state index contributed by atoms with van der Waals surface area (Å²) in [7, 11) is 0. The van der Waals surface area contributed by atoms with E-state index in [9.17, 15) is 24.8 Å². The van der Waals surface area contributed by atoms with Crippen LogP contribution >= 0.6 is 0 Å². The van der Waals surface area contributed by atoms with Crippen molar-refractivity contribution in [3.8, 4) is 0 Å². The number of benzene rings is 1. The van der Waals surface area contributed by atoms with Crippen molar-refractivity contribution in [2.24, 2.45) is 0 Å². The van der Waals surface area contributed by atoms with Crippen LogP contribution in [0.15, 0.2) is 78.8 Å². The van der Waals surface area contributed by atoms with Crippen molar-refractivity contribution in [2.45, 2.75) is 12.6 Å². The Balaban J connectivity index is 1.86. The third kappa shape index (κ3) is 3.76. The van der Waals surface area contributed by atoms with E-state index in [1.165, 1.54) is 29.3 Å². The summed E-state index contributed by atoms with van der Waals surface area (Å²) in [5, 5.41) is 22.1. The van der Waals surface area contributed by atoms with E-state index in [1.807, 2.05) is 0 Å². The van der Waals surface area contributed by atoms with Gasteiger partial charge in [-0.3, -0.25) is 29.7 Å². The number of hydrogen-bond donors (Lipinski definition) is 1. The van der Waals surface area contributed by atoms with Gasteiger partial charge < -0.3 is 10.0 Å². The fourth-order valence-electron chi connectivity index (χ4n) is 3.50. The molecule has 9 nitrogen and oxygen atoms in total. The lowest BCUT2D eigenvalue weighted by molar-refractivity contribution is -0.384. The van der Waals surface area contributed by atoms with E-state index in [0.717, 1.165) is 11.6 Å². The Kier molecular flexibility index (Phi) is 5.23. The molecule has 1 amide bonds. The van der Waals surface area contributed by atoms with Crippen molar-refractivity contribution in [1.82, 2.24) is 14.9 Å². The molecule has 1 N–H and O–H groups in total. The van der Waals surface area contributed by atoms with E-state index >= 15 is 0 Å². The number of Topliss-reactive ketones (excluding diaryl/α,β-unsaturated/α-hetero) is 1. The van der Waals surface area contributed by atoms with Gasteiger partial charge >= 0.3 is 0 Å². The molecule has 4 rings (SSSR count). The second-order valence-corrected chi connectivity index (χ2v) is 6.84. The van der Waals surface area contributed by atoms with Gasteiger partial charge in [0.25, 0.3) is 17.4 Å². The summed E-state index contributed by atoms with van der Waals surface area (Å²) in [5.41, 5.74) is 0.788. The molecule has 2 aromatic heterocycles. The van der Waals surface area contributed by atoms with Gasteiger partial charge in [0.05, 0.1) is 16.2 Å². The molecule has 0 aliphatic carbocycles. The van der Waals surface area contributed by atoms with Crippen molar-refractivity contribution in [3.05, 3.63) is 106 Å². The summed E-state index contributed by atoms with van der Waals surface area (Å²) in [6.45, 7) is 0.0973. The molecule has 1 aliphatic rings. The molecule has 1 aromatic carbocycles. The van der Waals surface area contributed by atoms with Crippen LogP contribution in [-0.4, -0.2) is 36.6 Å². The van der Waals surface area contributed by atoms with Gasteiger partial charge in [0, 0.05) is 42.8 Å². The Morgan fingerprint density at radius 3 is 2.52 bits per heavy atom. The van der Waals surface area contributed by atoms with Crippen molar-refractivity contribution >= 4 is 23.1 Å². The predicted octanol–water partition coefficient (Wildman–Crippen LogP) is 3.01. The molecular formula is C22H16N4O5. The normalized spacial score (nSPS) is 17.7. The highest BCUT2D eigenvalue weighted by atomic mass is 16.6. The number of likely N-dealkylation sites (tertiary alicyclic amines) is 1. The number of hydrogen-bond acceptors (Lipinski definition) is 7. The van der Waals surface area contributed by atoms with Crippen LogP contribution in [0.5, 0.6) is 0 Å². The number of rotatable bonds is 5. The van der Waals surface area contributed by atoms with E-state index in [2.05, 4.69) is 9.97 Å². The number of nitrogens with zero attached hydrogens (tertiary/aromatic N) is 4. The lowest BCUT2D eigenvalue weighted by Gasteiger charge is -2.24. The first-order valence-corrected chi connectivity index (χ1v) is 9.30. The molecule has 1 unspecified atom stereocenters. The van der Waals surface area contributed by atoms with Crippen LogP contribution < -0.4 is 0 Å². The van der Waals surface area contributed by atoms with Gasteiger partial charge in [0.1, 0.15) is 11.8 Å². The van der Waals surface area contributed by atoms with Gasteiger partial charge in [-0.1, -0.05) is 18.2 Å². The third-order valence-corrected chi connectivity index (χ3v) is 4.94. The first-order chi connectivity index (χ1) is 15.0. The van der Waals surface area contributed by atoms with Crippen LogP contribution in [0.3, 0.4) is 0 Å². The maximum Gasteiger partial charge on any atom is 0.296 e. The number of carbonyl (C=O) groups is 2. The molecule has 31 heavy (non-hydrogen) atoms. The monoisotopic (exact) mass is 416 g/mol. The zero-order chi connectivity index (χ0) is 22.0. The summed E-state index contributed by atoms with van der Waals surface area (Å²) in [6.07, 6.45) is 4.67. The highest BCUT2D eigenvalue weighted by Gasteiger charge is 2.46. The number of aliphatic hydroxyl groups excluding tert-OH is 1. The lowest BCUT2D eigenvalue weighted by atomic mass is 9.98. The van der Waals surface area contributed by atoms with Crippen LogP contribution in [0.4, 0.5) is 5.69 Å². The van der Waals surface area contributed by atoms with Gasteiger partial charge in [-0.15, -0.1) is 0 Å². The largest absolute Gasteiger partial charge is 0.507 e. The molecular weight excluding hydrogens is 400 g/mol. The second-order valence-electron chi connectivity index (χ2n) is 6.84. The number of nitro benzene ring substituents is 1. The van der Waals surface area contributed by atoms with Crippen LogP contribution in [-0.2, 0) is 16.1 Å². The quantitative estimate of drug-likeness (QED) is 0.223. The summed E-state index contributed by atoms with van der Waals surface area (Å²) >= 11 is 0. The fourth-order valence-corrected chi connectivity index (χ4v) is 3.50. The average molecular weight is 416 g/mol. The Morgan fingerprint density at radius 1 is 1.06 bits per heavy atom. The van der Waals surface area contributed by atoms with Crippen molar-refractivity contribution in [3.63, 3.8) is 0 Å². The number of amides is 1. The van der Waals surface area contributed by atoms with Crippen LogP contribution in [0.2, 0.25) is 0 Å². The predicted molar refractivity (Wildman–Crippen MR) is 109 cm³/mol. The number of nitro groups is 1. The number of aliphatic hydroxyl groups is 1. The number of pyridine rings is 2. The van der Waals surface area contributed by atoms with Crippen molar-refractivity contribution in [1.29, 1.82) is 0 Å². The molecule has 1 saturated heterocycles. The molecule has 1 atom stereocenters. The first-order valence-electron chi connectivity index (χ1n) is 9.30. The second kappa shape index (κ2) is 8.15. The Morgan fingerprint density at radius 2 is 1.84 bits per heavy atom. The standard InChI is InChI=1S/C22H16N4O5/c27-20(15-4-3-5-16(12-15)26(30)31)18-19(17-6-1-2-9-24-17)25(22(29)21(18)28)13-14-7-10-23-11-8-14/h1-12,19,27H,13H2/b20-18-. The van der Waals surface area contributed by atoms with Crippen molar-refractivity contribution in [2.75, 3.05) is 0 Å². The molecule has 3 heterocycles. The lowest BCUT2D eigenvalue weighted by Crippen LogP contribution is -2.29. The van der Waals surface area contributed by atoms with Gasteiger partial charge in [0.2, 0.25) is 0 Å². The number of non-ortho nitro benzene ring substituents is 1. The fraction of sp³-hybridized carbons (Fsp3) is 0.0909. The van der Waals surface area contributed by atoms with Gasteiger partial charge in [-0.05, 0) is 29.8 Å². The molecule has 0 saturated carbocycles. The zero-order valence-electron chi connectivity index (χ0n) is 16.1. The molecule has 0 spiro atoms. The Labute approximate surface area is 176 Å². The third-order valence-electron chi connectivity index (χ3n) is 4.94. The molecule has 1 fully saturated rings. The van der Waals surface area contributed by atoms with E-state index in [-0.39, 0.29) is 23.4 Å². The highest BCUT2D eigenvalue weighted by Crippen LogP contribution is 2.39. The topological polar surface area (TPSA) is 127 Å². The van der Waals surface area contributed by atoms with E-state index in [0.29, 0.717) is 5.69 Å². The van der Waals surface area contributed by atoms with Crippen molar-refractivity contribution < 1.29 is 19.6 Å². The highest BCUT2D eigenvalue weighted by molar-refractivity contribution is 6.46. The van der Waals surface area contributed by atoms with Crippen LogP contribution in [0.25, 0.3) is 5.76 Å². The Bertz CT molecular complexity index is 1190. The van der Waals surface area contributed by atoms with Gasteiger partial charge in [-0.2, -0.15) is 0 Å². The van der Waals surface area contributed by atoms with Gasteiger partial charge in [-0.25, -0.2) is 0 Å². The van der Waals surface area contributed by atoms with Gasteiger partial charge in [0.15, 0.2) is 0 Å². The van der Waals surface area contributed by atoms with Crippen LogP contribution in [0.1, 0.15) is 22.9 Å². The summed E-state index contributed by atoms with van der Waals surface area (Å²) in [5.74, 6) is -2.16. The minimum atomic E-state index is -0.950. The van der Waals surface area contributed by atoms with E-state index in [1.54, 1.807) is 42.7 Å². The molecule has 3 aromatic rings. The molecule has 154 valence electrons. The van der Waals surface area contributed by atoms with Crippen LogP contribution in [0, 0.1) is 10.1 Å². The molecule has 0 bridgehead atoms. The minimum absolute atomic E-state index is 0.0667. The van der Waals surface area contributed by atoms with E-state index < -0.39 is 28.4 Å². The molecule has 0 radical (unpaired) electrons.